The number of piperidine rings is 1. The molecule has 6 nitrogen and oxygen atoms in total. The Kier molecular flexibility index (Phi) is 4.90. The predicted molar refractivity (Wildman–Crippen MR) is 108 cm³/mol. The van der Waals surface area contributed by atoms with E-state index >= 15 is 0 Å². The van der Waals surface area contributed by atoms with Crippen LogP contribution in [-0.2, 0) is 6.54 Å². The molecule has 3 unspecified atom stereocenters. The summed E-state index contributed by atoms with van der Waals surface area (Å²) < 4.78 is 0.783. The molecule has 2 saturated heterocycles. The Labute approximate surface area is 167 Å². The lowest BCUT2D eigenvalue weighted by atomic mass is 9.78. The van der Waals surface area contributed by atoms with Crippen LogP contribution >= 0.6 is 22.9 Å². The lowest BCUT2D eigenvalue weighted by Crippen LogP contribution is -2.54. The van der Waals surface area contributed by atoms with Gasteiger partial charge in [0.15, 0.2) is 0 Å². The molecule has 2 aliphatic rings. The molecular formula is C19H23ClN4O2S. The molecule has 2 fully saturated rings. The van der Waals surface area contributed by atoms with E-state index in [0.29, 0.717) is 13.0 Å². The zero-order valence-electron chi connectivity index (χ0n) is 14.9. The van der Waals surface area contributed by atoms with Crippen LogP contribution < -0.4 is 5.32 Å². The normalized spacial score (nSPS) is 26.9. The fourth-order valence-corrected chi connectivity index (χ4v) is 5.80. The number of carboxylic acid groups (broad SMARTS) is 1. The minimum atomic E-state index is -0.809. The topological polar surface area (TPSA) is 81.2 Å². The predicted octanol–water partition coefficient (Wildman–Crippen LogP) is 5.07. The first-order valence-electron chi connectivity index (χ1n) is 9.17. The Morgan fingerprint density at radius 3 is 3.15 bits per heavy atom. The van der Waals surface area contributed by atoms with Gasteiger partial charge < -0.3 is 10.4 Å². The third-order valence-electron chi connectivity index (χ3n) is 5.83. The molecule has 0 spiro atoms. The molecule has 8 heteroatoms. The SMILES string of the molecule is C=CCC12CCC(CC(c3cc(NCc4ccc(Cl)s4)[nH]n3)C1)N2C(=O)O. The molecule has 3 atom stereocenters. The molecule has 0 aliphatic carbocycles. The zero-order chi connectivity index (χ0) is 19.0. The Hall–Kier alpha value is -1.99. The van der Waals surface area contributed by atoms with Crippen LogP contribution in [0.2, 0.25) is 4.34 Å². The summed E-state index contributed by atoms with van der Waals surface area (Å²) >= 11 is 7.53. The summed E-state index contributed by atoms with van der Waals surface area (Å²) in [6.07, 6.45) is 5.19. The van der Waals surface area contributed by atoms with Gasteiger partial charge in [0.2, 0.25) is 0 Å². The van der Waals surface area contributed by atoms with Gasteiger partial charge in [0, 0.05) is 22.9 Å². The van der Waals surface area contributed by atoms with E-state index in [4.69, 9.17) is 11.6 Å². The molecule has 2 bridgehead atoms. The monoisotopic (exact) mass is 406 g/mol. The van der Waals surface area contributed by atoms with Crippen LogP contribution in [-0.4, -0.2) is 37.9 Å². The number of hydrogen-bond donors (Lipinski definition) is 3. The molecule has 4 heterocycles. The van der Waals surface area contributed by atoms with Crippen molar-refractivity contribution < 1.29 is 9.90 Å². The minimum Gasteiger partial charge on any atom is -0.465 e. The smallest absolute Gasteiger partial charge is 0.408 e. The summed E-state index contributed by atoms with van der Waals surface area (Å²) in [6.45, 7) is 4.55. The van der Waals surface area contributed by atoms with E-state index in [2.05, 4.69) is 28.2 Å². The maximum atomic E-state index is 11.8. The van der Waals surface area contributed by atoms with Gasteiger partial charge in [-0.15, -0.1) is 17.9 Å². The summed E-state index contributed by atoms with van der Waals surface area (Å²) in [5, 5.41) is 20.6. The number of H-pyrrole nitrogens is 1. The van der Waals surface area contributed by atoms with E-state index in [9.17, 15) is 9.90 Å². The van der Waals surface area contributed by atoms with E-state index in [-0.39, 0.29) is 17.5 Å². The highest BCUT2D eigenvalue weighted by molar-refractivity contribution is 7.16. The molecule has 0 saturated carbocycles. The van der Waals surface area contributed by atoms with Gasteiger partial charge in [-0.25, -0.2) is 4.79 Å². The van der Waals surface area contributed by atoms with Crippen molar-refractivity contribution in [3.05, 3.63) is 45.8 Å². The zero-order valence-corrected chi connectivity index (χ0v) is 16.5. The van der Waals surface area contributed by atoms with Crippen molar-refractivity contribution in [3.8, 4) is 0 Å². The Bertz CT molecular complexity index is 850. The number of hydrogen-bond acceptors (Lipinski definition) is 4. The second-order valence-corrected chi connectivity index (χ2v) is 9.26. The highest BCUT2D eigenvalue weighted by Crippen LogP contribution is 2.51. The Morgan fingerprint density at radius 1 is 1.59 bits per heavy atom. The van der Waals surface area contributed by atoms with Gasteiger partial charge in [-0.3, -0.25) is 10.00 Å². The summed E-state index contributed by atoms with van der Waals surface area (Å²) in [5.41, 5.74) is 0.675. The van der Waals surface area contributed by atoms with Gasteiger partial charge in [-0.1, -0.05) is 17.7 Å². The summed E-state index contributed by atoms with van der Waals surface area (Å²) in [5.74, 6) is 1.14. The van der Waals surface area contributed by atoms with Gasteiger partial charge in [0.1, 0.15) is 5.82 Å². The molecule has 27 heavy (non-hydrogen) atoms. The van der Waals surface area contributed by atoms with Crippen LogP contribution in [0.4, 0.5) is 10.6 Å². The molecule has 144 valence electrons. The number of anilines is 1. The van der Waals surface area contributed by atoms with Crippen molar-refractivity contribution in [1.82, 2.24) is 15.1 Å². The number of nitrogens with one attached hydrogen (secondary N) is 2. The number of nitrogens with zero attached hydrogens (tertiary/aromatic N) is 2. The first-order valence-corrected chi connectivity index (χ1v) is 10.4. The fraction of sp³-hybridized carbons (Fsp3) is 0.474. The van der Waals surface area contributed by atoms with E-state index in [1.165, 1.54) is 0 Å². The molecule has 3 N–H and O–H groups in total. The van der Waals surface area contributed by atoms with Gasteiger partial charge >= 0.3 is 6.09 Å². The number of aromatic nitrogens is 2. The summed E-state index contributed by atoms with van der Waals surface area (Å²) in [4.78, 5) is 14.7. The molecular weight excluding hydrogens is 384 g/mol. The molecule has 2 aliphatic heterocycles. The molecule has 0 aromatic carbocycles. The molecule has 1 amide bonds. The fourth-order valence-electron chi connectivity index (χ4n) is 4.77. The van der Waals surface area contributed by atoms with Crippen molar-refractivity contribution in [1.29, 1.82) is 0 Å². The van der Waals surface area contributed by atoms with Crippen molar-refractivity contribution in [3.63, 3.8) is 0 Å². The van der Waals surface area contributed by atoms with Crippen LogP contribution in [0.3, 0.4) is 0 Å². The highest BCUT2D eigenvalue weighted by Gasteiger charge is 2.53. The first-order chi connectivity index (χ1) is 13.0. The minimum absolute atomic E-state index is 0.0718. The number of aromatic amines is 1. The molecule has 2 aromatic rings. The average Bonchev–Trinajstić information content (AvgIpc) is 3.31. The third kappa shape index (κ3) is 3.46. The standard InChI is InChI=1S/C19H23ClN4O2S/c1-2-6-19-7-5-13(24(19)18(25)26)8-12(10-19)15-9-17(23-22-15)21-11-14-3-4-16(20)27-14/h2-4,9,12-13H,1,5-8,10-11H2,(H,25,26)(H2,21,22,23). The average molecular weight is 407 g/mol. The number of halogens is 1. The van der Waals surface area contributed by atoms with Crippen molar-refractivity contribution in [2.45, 2.75) is 56.1 Å². The first kappa shape index (κ1) is 18.4. The van der Waals surface area contributed by atoms with Crippen LogP contribution in [0.25, 0.3) is 0 Å². The van der Waals surface area contributed by atoms with Crippen LogP contribution in [0.1, 0.15) is 48.6 Å². The number of thiophene rings is 1. The lowest BCUT2D eigenvalue weighted by Gasteiger charge is -2.45. The van der Waals surface area contributed by atoms with Gasteiger partial charge in [0.05, 0.1) is 22.1 Å². The maximum absolute atomic E-state index is 11.8. The third-order valence-corrected chi connectivity index (χ3v) is 7.06. The van der Waals surface area contributed by atoms with Crippen LogP contribution in [0.15, 0.2) is 30.9 Å². The van der Waals surface area contributed by atoms with E-state index in [0.717, 1.165) is 46.4 Å². The Morgan fingerprint density at radius 2 is 2.44 bits per heavy atom. The van der Waals surface area contributed by atoms with E-state index in [1.54, 1.807) is 16.2 Å². The quantitative estimate of drug-likeness (QED) is 0.585. The van der Waals surface area contributed by atoms with Gasteiger partial charge in [-0.05, 0) is 44.2 Å². The highest BCUT2D eigenvalue weighted by atomic mass is 35.5. The van der Waals surface area contributed by atoms with Crippen molar-refractivity contribution in [2.24, 2.45) is 0 Å². The van der Waals surface area contributed by atoms with Crippen molar-refractivity contribution >= 4 is 34.8 Å². The molecule has 4 rings (SSSR count). The number of rotatable bonds is 6. The van der Waals surface area contributed by atoms with E-state index in [1.807, 2.05) is 18.2 Å². The largest absolute Gasteiger partial charge is 0.465 e. The van der Waals surface area contributed by atoms with Gasteiger partial charge in [0.25, 0.3) is 0 Å². The number of fused-ring (bicyclic) bond motifs is 2. The molecule has 0 radical (unpaired) electrons. The second kappa shape index (κ2) is 7.20. The number of amides is 1. The number of carbonyl (C=O) groups is 1. The van der Waals surface area contributed by atoms with Gasteiger partial charge in [-0.2, -0.15) is 5.10 Å². The van der Waals surface area contributed by atoms with E-state index < -0.39 is 6.09 Å². The lowest BCUT2D eigenvalue weighted by molar-refractivity contribution is 0.0449. The summed E-state index contributed by atoms with van der Waals surface area (Å²) in [7, 11) is 0. The Balaban J connectivity index is 1.47. The second-order valence-electron chi connectivity index (χ2n) is 7.46. The van der Waals surface area contributed by atoms with Crippen LogP contribution in [0, 0.1) is 0 Å². The van der Waals surface area contributed by atoms with Crippen molar-refractivity contribution in [2.75, 3.05) is 5.32 Å². The van der Waals surface area contributed by atoms with Crippen LogP contribution in [0.5, 0.6) is 0 Å². The molecule has 2 aromatic heterocycles. The maximum Gasteiger partial charge on any atom is 0.408 e. The summed E-state index contributed by atoms with van der Waals surface area (Å²) in [6, 6.07) is 6.03.